The van der Waals surface area contributed by atoms with E-state index < -0.39 is 0 Å². The Morgan fingerprint density at radius 3 is 2.22 bits per heavy atom. The van der Waals surface area contributed by atoms with Crippen LogP contribution in [0.1, 0.15) is 10.4 Å². The van der Waals surface area contributed by atoms with E-state index in [2.05, 4.69) is 31.9 Å². The first-order valence-electron chi connectivity index (χ1n) is 4.98. The highest BCUT2D eigenvalue weighted by Gasteiger charge is 2.08. The molecule has 0 aliphatic rings. The molecule has 0 aliphatic heterocycles. The average molecular weight is 390 g/mol. The fourth-order valence-electron chi connectivity index (χ4n) is 1.38. The van der Waals surface area contributed by atoms with Gasteiger partial charge in [0.1, 0.15) is 11.5 Å². The molecule has 18 heavy (non-hydrogen) atoms. The molecule has 5 heteroatoms. The molecule has 0 heterocycles. The lowest BCUT2D eigenvalue weighted by Gasteiger charge is -2.10. The summed E-state index contributed by atoms with van der Waals surface area (Å²) in [5.41, 5.74) is 0.461. The van der Waals surface area contributed by atoms with Crippen LogP contribution in [0.2, 0.25) is 5.02 Å². The van der Waals surface area contributed by atoms with Gasteiger partial charge >= 0.3 is 0 Å². The van der Waals surface area contributed by atoms with Crippen molar-refractivity contribution in [3.63, 3.8) is 0 Å². The van der Waals surface area contributed by atoms with E-state index in [9.17, 15) is 4.79 Å². The SMILES string of the molecule is O=Cc1cc(Br)ccc1Oc1ccc(Br)cc1Cl. The van der Waals surface area contributed by atoms with Gasteiger partial charge in [-0.15, -0.1) is 0 Å². The highest BCUT2D eigenvalue weighted by molar-refractivity contribution is 9.10. The zero-order chi connectivity index (χ0) is 13.1. The summed E-state index contributed by atoms with van der Waals surface area (Å²) in [6.07, 6.45) is 0.743. The molecular formula is C13H7Br2ClO2. The number of aldehydes is 1. The van der Waals surface area contributed by atoms with Gasteiger partial charge in [0, 0.05) is 8.95 Å². The number of rotatable bonds is 3. The molecule has 2 aromatic carbocycles. The molecule has 0 saturated carbocycles. The number of hydrogen-bond acceptors (Lipinski definition) is 2. The lowest BCUT2D eigenvalue weighted by Crippen LogP contribution is -1.91. The first-order valence-corrected chi connectivity index (χ1v) is 6.94. The van der Waals surface area contributed by atoms with E-state index in [1.807, 2.05) is 6.07 Å². The van der Waals surface area contributed by atoms with E-state index in [-0.39, 0.29) is 0 Å². The van der Waals surface area contributed by atoms with Crippen molar-refractivity contribution >= 4 is 49.7 Å². The topological polar surface area (TPSA) is 26.3 Å². The van der Waals surface area contributed by atoms with E-state index in [0.717, 1.165) is 15.2 Å². The minimum atomic E-state index is 0.461. The second-order valence-electron chi connectivity index (χ2n) is 3.48. The molecule has 2 aromatic rings. The third-order valence-corrected chi connectivity index (χ3v) is 3.49. The normalized spacial score (nSPS) is 10.2. The summed E-state index contributed by atoms with van der Waals surface area (Å²) < 4.78 is 7.32. The minimum Gasteiger partial charge on any atom is -0.455 e. The van der Waals surface area contributed by atoms with Gasteiger partial charge < -0.3 is 4.74 Å². The second kappa shape index (κ2) is 5.87. The number of carbonyl (C=O) groups is 1. The van der Waals surface area contributed by atoms with Gasteiger partial charge in [-0.25, -0.2) is 0 Å². The van der Waals surface area contributed by atoms with Gasteiger partial charge in [0.15, 0.2) is 6.29 Å². The number of ether oxygens (including phenoxy) is 1. The largest absolute Gasteiger partial charge is 0.455 e. The average Bonchev–Trinajstić information content (AvgIpc) is 2.34. The molecule has 0 aliphatic carbocycles. The van der Waals surface area contributed by atoms with Crippen molar-refractivity contribution in [2.24, 2.45) is 0 Å². The first kappa shape index (κ1) is 13.6. The summed E-state index contributed by atoms with van der Waals surface area (Å²) in [5, 5.41) is 0.476. The van der Waals surface area contributed by atoms with Crippen LogP contribution >= 0.6 is 43.5 Å². The van der Waals surface area contributed by atoms with Crippen LogP contribution in [0.15, 0.2) is 45.3 Å². The van der Waals surface area contributed by atoms with E-state index >= 15 is 0 Å². The molecule has 2 rings (SSSR count). The van der Waals surface area contributed by atoms with Gasteiger partial charge in [0.2, 0.25) is 0 Å². The van der Waals surface area contributed by atoms with Crippen molar-refractivity contribution in [1.82, 2.24) is 0 Å². The predicted molar refractivity (Wildman–Crippen MR) is 78.8 cm³/mol. The molecular weight excluding hydrogens is 383 g/mol. The maximum absolute atomic E-state index is 11.0. The van der Waals surface area contributed by atoms with Crippen molar-refractivity contribution in [1.29, 1.82) is 0 Å². The van der Waals surface area contributed by atoms with Gasteiger partial charge in [-0.2, -0.15) is 0 Å². The van der Waals surface area contributed by atoms with Crippen molar-refractivity contribution < 1.29 is 9.53 Å². The Hall–Kier alpha value is -0.840. The molecule has 0 N–H and O–H groups in total. The number of carbonyl (C=O) groups excluding carboxylic acids is 1. The molecule has 92 valence electrons. The van der Waals surface area contributed by atoms with Crippen molar-refractivity contribution in [2.45, 2.75) is 0 Å². The molecule has 0 aromatic heterocycles. The Morgan fingerprint density at radius 2 is 1.61 bits per heavy atom. The van der Waals surface area contributed by atoms with Gasteiger partial charge in [0.05, 0.1) is 10.6 Å². The standard InChI is InChI=1S/C13H7Br2ClO2/c14-9-1-3-12(8(5-9)7-17)18-13-4-2-10(15)6-11(13)16/h1-7H. The van der Waals surface area contributed by atoms with E-state index in [1.54, 1.807) is 30.3 Å². The molecule has 0 unspecified atom stereocenters. The molecule has 2 nitrogen and oxygen atoms in total. The summed E-state index contributed by atoms with van der Waals surface area (Å²) in [7, 11) is 0. The third kappa shape index (κ3) is 3.13. The van der Waals surface area contributed by atoms with Crippen LogP contribution in [-0.2, 0) is 0 Å². The van der Waals surface area contributed by atoms with Crippen LogP contribution in [-0.4, -0.2) is 6.29 Å². The van der Waals surface area contributed by atoms with E-state index in [4.69, 9.17) is 16.3 Å². The summed E-state index contributed by atoms with van der Waals surface area (Å²) in [6, 6.07) is 10.5. The van der Waals surface area contributed by atoms with Gasteiger partial charge in [0.25, 0.3) is 0 Å². The van der Waals surface area contributed by atoms with Crippen LogP contribution < -0.4 is 4.74 Å². The molecule has 0 amide bonds. The Bertz CT molecular complexity index is 600. The van der Waals surface area contributed by atoms with Crippen LogP contribution in [0.5, 0.6) is 11.5 Å². The molecule has 0 saturated heterocycles. The quantitative estimate of drug-likeness (QED) is 0.650. The van der Waals surface area contributed by atoms with Crippen molar-refractivity contribution in [3.8, 4) is 11.5 Å². The smallest absolute Gasteiger partial charge is 0.153 e. The third-order valence-electron chi connectivity index (χ3n) is 2.21. The molecule has 0 fully saturated rings. The molecule has 0 spiro atoms. The van der Waals surface area contributed by atoms with Gasteiger partial charge in [-0.3, -0.25) is 4.79 Å². The van der Waals surface area contributed by atoms with Gasteiger partial charge in [-0.1, -0.05) is 43.5 Å². The van der Waals surface area contributed by atoms with Gasteiger partial charge in [-0.05, 0) is 36.4 Å². The molecule has 0 bridgehead atoms. The fraction of sp³-hybridized carbons (Fsp3) is 0. The Labute approximate surface area is 126 Å². The number of hydrogen-bond donors (Lipinski definition) is 0. The van der Waals surface area contributed by atoms with Crippen LogP contribution in [0.25, 0.3) is 0 Å². The van der Waals surface area contributed by atoms with Crippen molar-refractivity contribution in [3.05, 3.63) is 55.9 Å². The Kier molecular flexibility index (Phi) is 4.43. The summed E-state index contributed by atoms with van der Waals surface area (Å²) in [6.45, 7) is 0. The summed E-state index contributed by atoms with van der Waals surface area (Å²) in [4.78, 5) is 11.0. The van der Waals surface area contributed by atoms with Crippen molar-refractivity contribution in [2.75, 3.05) is 0 Å². The van der Waals surface area contributed by atoms with Crippen LogP contribution in [0.3, 0.4) is 0 Å². The number of benzene rings is 2. The van der Waals surface area contributed by atoms with Crippen LogP contribution in [0, 0.1) is 0 Å². The maximum Gasteiger partial charge on any atom is 0.153 e. The second-order valence-corrected chi connectivity index (χ2v) is 5.72. The summed E-state index contributed by atoms with van der Waals surface area (Å²) >= 11 is 12.7. The van der Waals surface area contributed by atoms with E-state index in [1.165, 1.54) is 0 Å². The Balaban J connectivity index is 2.36. The maximum atomic E-state index is 11.0. The molecule has 0 atom stereocenters. The molecule has 0 radical (unpaired) electrons. The fourth-order valence-corrected chi connectivity index (χ4v) is 2.47. The minimum absolute atomic E-state index is 0.461. The Morgan fingerprint density at radius 1 is 1.00 bits per heavy atom. The van der Waals surface area contributed by atoms with Crippen LogP contribution in [0.4, 0.5) is 0 Å². The lowest BCUT2D eigenvalue weighted by atomic mass is 10.2. The summed E-state index contributed by atoms with van der Waals surface area (Å²) in [5.74, 6) is 0.975. The number of halogens is 3. The lowest BCUT2D eigenvalue weighted by molar-refractivity contribution is 0.112. The monoisotopic (exact) mass is 388 g/mol. The first-order chi connectivity index (χ1) is 8.60. The zero-order valence-corrected chi connectivity index (χ0v) is 12.9. The van der Waals surface area contributed by atoms with E-state index in [0.29, 0.717) is 22.1 Å². The highest BCUT2D eigenvalue weighted by Crippen LogP contribution is 2.33. The predicted octanol–water partition coefficient (Wildman–Crippen LogP) is 5.47. The highest BCUT2D eigenvalue weighted by atomic mass is 79.9. The zero-order valence-electron chi connectivity index (χ0n) is 8.99.